The van der Waals surface area contributed by atoms with Crippen LogP contribution in [0.25, 0.3) is 0 Å². The Morgan fingerprint density at radius 1 is 0.494 bits per heavy atom. The van der Waals surface area contributed by atoms with Gasteiger partial charge in [0.15, 0.2) is 28.3 Å². The minimum atomic E-state index is -5.81. The minimum Gasteiger partial charge on any atom is -0.744 e. The van der Waals surface area contributed by atoms with Gasteiger partial charge in [0.25, 0.3) is 0 Å². The van der Waals surface area contributed by atoms with Gasteiger partial charge in [0.2, 0.25) is 17.4 Å². The molecule has 30 heteroatoms. The van der Waals surface area contributed by atoms with E-state index in [1.54, 1.807) is 21.1 Å². The Bertz CT molecular complexity index is 2040. The quantitative estimate of drug-likeness (QED) is 0.0112. The zero-order valence-corrected chi connectivity index (χ0v) is 60.7. The average Bonchev–Trinajstić information content (AvgIpc) is 2.86. The van der Waals surface area contributed by atoms with Crippen molar-refractivity contribution < 1.29 is 142 Å². The fourth-order valence-electron chi connectivity index (χ4n) is 6.12. The van der Waals surface area contributed by atoms with Gasteiger partial charge in [-0.3, -0.25) is 14.4 Å². The number of carbonyl (C=O) groups is 3. The number of hydrogen-bond acceptors (Lipinski definition) is 22. The normalized spacial score (nSPS) is 12.5. The average molecular weight is 1440 g/mol. The van der Waals surface area contributed by atoms with E-state index in [1.165, 1.54) is 13.8 Å². The van der Waals surface area contributed by atoms with Crippen molar-refractivity contribution in [3.8, 4) is 5.75 Å². The van der Waals surface area contributed by atoms with Crippen LogP contribution in [-0.4, -0.2) is 220 Å². The molecule has 89 heavy (non-hydrogen) atoms. The largest absolute Gasteiger partial charge is 1.00 e. The van der Waals surface area contributed by atoms with Gasteiger partial charge in [-0.1, -0.05) is 34.6 Å². The van der Waals surface area contributed by atoms with Crippen LogP contribution in [0.3, 0.4) is 0 Å². The molecule has 0 fully saturated rings. The van der Waals surface area contributed by atoms with Crippen molar-refractivity contribution in [3.05, 3.63) is 23.3 Å². The molecule has 0 aliphatic heterocycles. The molecule has 0 saturated heterocycles. The van der Waals surface area contributed by atoms with Crippen molar-refractivity contribution in [2.24, 2.45) is 16.7 Å². The van der Waals surface area contributed by atoms with Crippen LogP contribution in [0.15, 0.2) is 4.90 Å². The molecule has 1 aromatic rings. The number of esters is 3. The van der Waals surface area contributed by atoms with Crippen LogP contribution >= 0.6 is 0 Å². The second-order valence-corrected chi connectivity index (χ2v) is 32.9. The Morgan fingerprint density at radius 3 is 1.15 bits per heavy atom. The van der Waals surface area contributed by atoms with Gasteiger partial charge in [0.1, 0.15) is 21.6 Å². The molecule has 0 amide bonds. The van der Waals surface area contributed by atoms with E-state index in [2.05, 4.69) is 51.3 Å². The van der Waals surface area contributed by atoms with Crippen LogP contribution < -0.4 is 4.74 Å². The number of halogens is 4. The summed E-state index contributed by atoms with van der Waals surface area (Å²) in [7, 11) is -5.55. The summed E-state index contributed by atoms with van der Waals surface area (Å²) in [5, 5.41) is 0. The molecule has 22 nitrogen and oxygen atoms in total. The molecule has 1 aromatic carbocycles. The van der Waals surface area contributed by atoms with Gasteiger partial charge >= 0.3 is 40.3 Å². The van der Waals surface area contributed by atoms with E-state index in [0.29, 0.717) is 151 Å². The van der Waals surface area contributed by atoms with Gasteiger partial charge in [-0.05, 0) is 106 Å². The van der Waals surface area contributed by atoms with Crippen LogP contribution in [0.1, 0.15) is 101 Å². The zero-order chi connectivity index (χ0) is 67.7. The molecule has 0 aliphatic rings. The van der Waals surface area contributed by atoms with E-state index < -0.39 is 72.1 Å². The van der Waals surface area contributed by atoms with Crippen molar-refractivity contribution in [1.29, 1.82) is 0 Å². The molecular weight excluding hydrogens is 1330 g/mol. The van der Waals surface area contributed by atoms with Crippen molar-refractivity contribution in [3.63, 3.8) is 0 Å². The summed E-state index contributed by atoms with van der Waals surface area (Å²) < 4.78 is 171. The summed E-state index contributed by atoms with van der Waals surface area (Å²) in [5.74, 6) is -12.7. The van der Waals surface area contributed by atoms with Crippen LogP contribution in [-0.2, 0) is 117 Å². The van der Waals surface area contributed by atoms with Gasteiger partial charge in [0.05, 0.1) is 168 Å². The molecular formula is C59H111AgF4O22SSi2. The first kappa shape index (κ1) is 93.3. The Labute approximate surface area is 547 Å². The molecule has 0 N–H and O–H groups in total. The topological polar surface area (TPSA) is 256 Å². The number of ether oxygens (including phenoxy) is 15. The molecule has 0 spiro atoms. The van der Waals surface area contributed by atoms with Gasteiger partial charge < -0.3 is 79.7 Å². The van der Waals surface area contributed by atoms with Crippen LogP contribution in [0.4, 0.5) is 17.6 Å². The first-order chi connectivity index (χ1) is 41.3. The van der Waals surface area contributed by atoms with E-state index in [0.717, 1.165) is 31.7 Å². The fourth-order valence-corrected chi connectivity index (χ4v) is 14.8. The van der Waals surface area contributed by atoms with Crippen molar-refractivity contribution >= 4 is 44.7 Å². The smallest absolute Gasteiger partial charge is 0.744 e. The predicted molar refractivity (Wildman–Crippen MR) is 328 cm³/mol. The maximum atomic E-state index is 13.6. The summed E-state index contributed by atoms with van der Waals surface area (Å²) in [6.45, 7) is 41.4. The summed E-state index contributed by atoms with van der Waals surface area (Å²) in [5.41, 5.74) is -1.57. The summed E-state index contributed by atoms with van der Waals surface area (Å²) in [6, 6.07) is 1.05. The first-order valence-corrected chi connectivity index (χ1v) is 38.1. The van der Waals surface area contributed by atoms with Gasteiger partial charge in [-0.2, -0.15) is 8.78 Å². The van der Waals surface area contributed by atoms with Crippen LogP contribution in [0, 0.1) is 40.0 Å². The number of rotatable bonds is 49. The maximum Gasteiger partial charge on any atom is 1.00 e. The SMILES string of the molecule is CCC(C)(C)C(=O)OCCC[Si](C)(C)O[Si](C)(C)C.CCC(C)(C)C(=O)Oc1c(F)c(F)c(S(=O)(=O)[O-])c(F)c1F.CCC(C)C(=O)OCCOCCOCCOCCOCCOCCOCCOCCOCCOC.CCC(C)OCCOCCOC.[Ag+]. The number of benzene rings is 1. The third-order valence-corrected chi connectivity index (χ3v) is 19.5. The number of methoxy groups -OCH3 is 2. The number of hydrogen-bond donors (Lipinski definition) is 0. The molecule has 532 valence electrons. The molecule has 2 atom stereocenters. The van der Waals surface area contributed by atoms with E-state index in [1.807, 2.05) is 34.6 Å². The van der Waals surface area contributed by atoms with Gasteiger partial charge in [0, 0.05) is 14.2 Å². The van der Waals surface area contributed by atoms with E-state index in [4.69, 9.17) is 70.4 Å². The second-order valence-electron chi connectivity index (χ2n) is 22.5. The molecule has 0 bridgehead atoms. The van der Waals surface area contributed by atoms with Crippen LogP contribution in [0.2, 0.25) is 38.8 Å². The Morgan fingerprint density at radius 2 is 0.831 bits per heavy atom. The molecule has 0 saturated carbocycles. The summed E-state index contributed by atoms with van der Waals surface area (Å²) in [6.07, 6.45) is 4.08. The zero-order valence-electron chi connectivity index (χ0n) is 56.4. The van der Waals surface area contributed by atoms with E-state index >= 15 is 0 Å². The van der Waals surface area contributed by atoms with Gasteiger partial charge in [-0.15, -0.1) is 0 Å². The minimum absolute atomic E-state index is 0. The molecule has 0 heterocycles. The Balaban J connectivity index is -0.000000577. The standard InChI is InChI=1S/C24H48O11.C14H32O3Si2.C12H12F4O5S.C9H20O3.Ag/c1-4-23(2)24(25)35-22-21-34-20-19-33-18-17-32-16-15-31-14-13-30-12-11-29-10-9-28-8-7-27-6-5-26-3;1-9-14(2,3)13(15)16-11-10-12-19(7,8)17-18(4,5)6;1-4-12(2,3)11(17)21-9-5(13)7(15)10(22(18,19)20)8(16)6(9)14;1-4-9(2)12-8-7-11-6-5-10-3;/h23H,4-22H2,1-3H3;9-12H2,1-8H3;4H2,1-3H3,(H,18,19,20);9H,4-8H2,1-3H3;/q;;;;+1/p-1. The van der Waals surface area contributed by atoms with Crippen molar-refractivity contribution in [1.82, 2.24) is 0 Å². The number of carbonyl (C=O) groups excluding carboxylic acids is 3. The Kier molecular flexibility index (Phi) is 57.9. The van der Waals surface area contributed by atoms with E-state index in [-0.39, 0.29) is 58.7 Å². The predicted octanol–water partition coefficient (Wildman–Crippen LogP) is 9.72. The summed E-state index contributed by atoms with van der Waals surface area (Å²) >= 11 is 0. The Hall–Kier alpha value is -2.09. The molecule has 0 aromatic heterocycles. The van der Waals surface area contributed by atoms with Crippen LogP contribution in [0.5, 0.6) is 5.75 Å². The maximum absolute atomic E-state index is 13.6. The summed E-state index contributed by atoms with van der Waals surface area (Å²) in [4.78, 5) is 32.7. The van der Waals surface area contributed by atoms with Crippen molar-refractivity contribution in [2.45, 2.75) is 151 Å². The van der Waals surface area contributed by atoms with Crippen molar-refractivity contribution in [2.75, 3.05) is 166 Å². The molecule has 0 radical (unpaired) electrons. The first-order valence-electron chi connectivity index (χ1n) is 30.1. The molecule has 0 aliphatic carbocycles. The third kappa shape index (κ3) is 51.0. The molecule has 1 rings (SSSR count). The third-order valence-electron chi connectivity index (χ3n) is 12.4. The monoisotopic (exact) mass is 1440 g/mol. The van der Waals surface area contributed by atoms with E-state index in [9.17, 15) is 44.9 Å². The van der Waals surface area contributed by atoms with Gasteiger partial charge in [-0.25, -0.2) is 17.2 Å². The second kappa shape index (κ2) is 55.2. The fraction of sp³-hybridized carbons (Fsp3) is 0.847. The molecule has 2 unspecified atom stereocenters.